The number of para-hydroxylation sites is 1. The molecule has 0 radical (unpaired) electrons. The molecule has 0 N–H and O–H groups in total. The first-order valence-corrected chi connectivity index (χ1v) is 34.0. The Morgan fingerprint density at radius 1 is 0.206 bits per heavy atom. The van der Waals surface area contributed by atoms with Crippen LogP contribution in [0.25, 0.3) is 105 Å². The molecule has 0 unspecified atom stereocenters. The van der Waals surface area contributed by atoms with Crippen molar-refractivity contribution in [3.8, 4) is 83.6 Å². The molecule has 3 heteroatoms. The molecule has 97 heavy (non-hydrogen) atoms. The van der Waals surface area contributed by atoms with Crippen LogP contribution in [0.2, 0.25) is 0 Å². The van der Waals surface area contributed by atoms with Crippen LogP contribution in [0.1, 0.15) is 55.6 Å². The lowest BCUT2D eigenvalue weighted by Gasteiger charge is -2.33. The minimum absolute atomic E-state index is 1.01. The van der Waals surface area contributed by atoms with Gasteiger partial charge in [0.1, 0.15) is 0 Å². The lowest BCUT2D eigenvalue weighted by molar-refractivity contribution is 1.17. The molecule has 0 aliphatic rings. The van der Waals surface area contributed by atoms with Crippen LogP contribution >= 0.6 is 0 Å². The summed E-state index contributed by atoms with van der Waals surface area (Å²) in [6.45, 7) is 22.3. The molecule has 470 valence electrons. The number of aromatic nitrogens is 1. The highest BCUT2D eigenvalue weighted by Crippen LogP contribution is 2.51. The van der Waals surface area contributed by atoms with Gasteiger partial charge < -0.3 is 14.4 Å². The van der Waals surface area contributed by atoms with Gasteiger partial charge in [0, 0.05) is 56.0 Å². The van der Waals surface area contributed by atoms with Crippen molar-refractivity contribution >= 4 is 55.9 Å². The third-order valence-electron chi connectivity index (χ3n) is 20.1. The fraction of sp³-hybridized carbons (Fsp3) is 0.106. The first-order valence-electron chi connectivity index (χ1n) is 34.0. The summed E-state index contributed by atoms with van der Waals surface area (Å²) in [5.41, 5.74) is 38.8. The maximum atomic E-state index is 2.56. The summed E-state index contributed by atoms with van der Waals surface area (Å²) in [6, 6.07) is 111. The van der Waals surface area contributed by atoms with E-state index in [0.717, 1.165) is 78.7 Å². The van der Waals surface area contributed by atoms with Crippen molar-refractivity contribution < 1.29 is 0 Å². The maximum Gasteiger partial charge on any atom is 0.0618 e. The molecule has 0 spiro atoms. The van der Waals surface area contributed by atoms with E-state index < -0.39 is 0 Å². The van der Waals surface area contributed by atoms with Gasteiger partial charge in [-0.3, -0.25) is 0 Å². The molecular formula is C94H79N3. The van der Waals surface area contributed by atoms with Crippen molar-refractivity contribution in [1.82, 2.24) is 4.57 Å². The van der Waals surface area contributed by atoms with E-state index >= 15 is 0 Å². The largest absolute Gasteiger partial charge is 0.310 e. The number of hydrogen-bond acceptors (Lipinski definition) is 2. The van der Waals surface area contributed by atoms with Crippen molar-refractivity contribution in [2.75, 3.05) is 9.80 Å². The topological polar surface area (TPSA) is 11.4 Å². The highest BCUT2D eigenvalue weighted by molar-refractivity contribution is 6.12. The van der Waals surface area contributed by atoms with Crippen molar-refractivity contribution in [2.45, 2.75) is 69.2 Å². The van der Waals surface area contributed by atoms with Crippen LogP contribution in [-0.4, -0.2) is 4.57 Å². The van der Waals surface area contributed by atoms with E-state index in [1.165, 1.54) is 116 Å². The van der Waals surface area contributed by atoms with Gasteiger partial charge in [-0.1, -0.05) is 212 Å². The number of hydrogen-bond donors (Lipinski definition) is 0. The highest BCUT2D eigenvalue weighted by atomic mass is 15.2. The Labute approximate surface area is 572 Å². The Morgan fingerprint density at radius 2 is 0.536 bits per heavy atom. The zero-order chi connectivity index (χ0) is 66.6. The van der Waals surface area contributed by atoms with Crippen molar-refractivity contribution in [3.05, 3.63) is 353 Å². The minimum Gasteiger partial charge on any atom is -0.310 e. The Balaban J connectivity index is 1.02. The number of anilines is 6. The van der Waals surface area contributed by atoms with Gasteiger partial charge in [0.15, 0.2) is 0 Å². The Hall–Kier alpha value is -11.5. The number of aryl methyl sites for hydroxylation is 10. The molecule has 3 nitrogen and oxygen atoms in total. The second-order valence-corrected chi connectivity index (χ2v) is 26.6. The third kappa shape index (κ3) is 11.4. The van der Waals surface area contributed by atoms with Gasteiger partial charge in [-0.05, 0) is 277 Å². The normalized spacial score (nSPS) is 11.4. The van der Waals surface area contributed by atoms with Gasteiger partial charge in [0.05, 0.1) is 16.7 Å². The van der Waals surface area contributed by atoms with Crippen LogP contribution < -0.4 is 9.80 Å². The van der Waals surface area contributed by atoms with Crippen LogP contribution in [0.3, 0.4) is 0 Å². The molecule has 0 saturated heterocycles. The molecule has 15 aromatic rings. The molecule has 0 saturated carbocycles. The van der Waals surface area contributed by atoms with Gasteiger partial charge in [-0.2, -0.15) is 0 Å². The first-order chi connectivity index (χ1) is 47.3. The lowest BCUT2D eigenvalue weighted by Crippen LogP contribution is -2.15. The molecule has 15 rings (SSSR count). The molecule has 0 bridgehead atoms. The highest BCUT2D eigenvalue weighted by Gasteiger charge is 2.27. The number of fused-ring (bicyclic) bond motifs is 3. The average molecular weight is 1250 g/mol. The van der Waals surface area contributed by atoms with Gasteiger partial charge in [-0.25, -0.2) is 0 Å². The van der Waals surface area contributed by atoms with Crippen LogP contribution in [0.5, 0.6) is 0 Å². The molecule has 0 fully saturated rings. The summed E-state index contributed by atoms with van der Waals surface area (Å²) in [5, 5.41) is 2.42. The quantitative estimate of drug-likeness (QED) is 0.107. The molecular weight excluding hydrogens is 1170 g/mol. The predicted molar refractivity (Wildman–Crippen MR) is 416 cm³/mol. The number of benzene rings is 14. The Bertz CT molecular complexity index is 5130. The zero-order valence-electron chi connectivity index (χ0n) is 57.1. The fourth-order valence-electron chi connectivity index (χ4n) is 15.6. The molecule has 14 aromatic carbocycles. The zero-order valence-corrected chi connectivity index (χ0v) is 57.1. The van der Waals surface area contributed by atoms with E-state index in [0.29, 0.717) is 0 Å². The standard InChI is InChI=1S/C94H79N3/c1-60-24-17-25-61(2)89(60)72-42-48-77(49-43-72)95(78-50-44-73(45-51-78)90-62(3)26-18-27-63(90)4)81-54-76(93-68(9)32-21-33-69(93)10)55-82(59-81)96(94-83(70-34-13-11-14-35-70)40-23-41-84(94)71-36-15-12-16-37-71)79-38-22-39-80(58-79)97-87-52-46-74(91-64(5)28-19-29-65(91)6)56-85(87)86-57-75(47-53-88(86)97)92-66(7)30-20-31-67(92)8/h11-59H,1-10H3. The summed E-state index contributed by atoms with van der Waals surface area (Å²) in [4.78, 5) is 5.03. The first kappa shape index (κ1) is 61.6. The van der Waals surface area contributed by atoms with E-state index in [-0.39, 0.29) is 0 Å². The second kappa shape index (κ2) is 25.7. The third-order valence-corrected chi connectivity index (χ3v) is 20.1. The van der Waals surface area contributed by atoms with E-state index in [4.69, 9.17) is 0 Å². The van der Waals surface area contributed by atoms with Gasteiger partial charge in [0.25, 0.3) is 0 Å². The van der Waals surface area contributed by atoms with Crippen molar-refractivity contribution in [3.63, 3.8) is 0 Å². The SMILES string of the molecule is Cc1cccc(C)c1-c1ccc(N(c2ccc(-c3c(C)cccc3C)cc2)c2cc(-c3c(C)cccc3C)cc(N(c3cccc(-n4c5ccc(-c6c(C)cccc6C)cc5c5cc(-c6c(C)cccc6C)ccc54)c3)c3c(-c4ccccc4)cccc3-c3ccccc3)c2)cc1. The summed E-state index contributed by atoms with van der Waals surface area (Å²) in [5.74, 6) is 0. The van der Waals surface area contributed by atoms with Crippen LogP contribution in [0, 0.1) is 69.2 Å². The van der Waals surface area contributed by atoms with Crippen molar-refractivity contribution in [1.29, 1.82) is 0 Å². The van der Waals surface area contributed by atoms with E-state index in [1.54, 1.807) is 0 Å². The summed E-state index contributed by atoms with van der Waals surface area (Å²) in [6.07, 6.45) is 0. The van der Waals surface area contributed by atoms with E-state index in [2.05, 4.69) is 381 Å². The molecule has 0 amide bonds. The molecule has 1 aromatic heterocycles. The minimum atomic E-state index is 1.01. The van der Waals surface area contributed by atoms with Crippen molar-refractivity contribution in [2.24, 2.45) is 0 Å². The van der Waals surface area contributed by atoms with Gasteiger partial charge in [-0.15, -0.1) is 0 Å². The summed E-state index contributed by atoms with van der Waals surface area (Å²) >= 11 is 0. The Kier molecular flexibility index (Phi) is 16.3. The predicted octanol–water partition coefficient (Wildman–Crippen LogP) is 26.5. The summed E-state index contributed by atoms with van der Waals surface area (Å²) in [7, 11) is 0. The summed E-state index contributed by atoms with van der Waals surface area (Å²) < 4.78 is 2.50. The van der Waals surface area contributed by atoms with E-state index in [9.17, 15) is 0 Å². The van der Waals surface area contributed by atoms with Gasteiger partial charge in [0.2, 0.25) is 0 Å². The fourth-order valence-corrected chi connectivity index (χ4v) is 15.6. The lowest BCUT2D eigenvalue weighted by atomic mass is 9.92. The van der Waals surface area contributed by atoms with Crippen LogP contribution in [-0.2, 0) is 0 Å². The smallest absolute Gasteiger partial charge is 0.0618 e. The second-order valence-electron chi connectivity index (χ2n) is 26.6. The monoisotopic (exact) mass is 1250 g/mol. The maximum absolute atomic E-state index is 2.56. The molecule has 0 aliphatic heterocycles. The Morgan fingerprint density at radius 3 is 0.928 bits per heavy atom. The van der Waals surface area contributed by atoms with E-state index in [1.807, 2.05) is 0 Å². The molecule has 0 aliphatic carbocycles. The van der Waals surface area contributed by atoms with Gasteiger partial charge >= 0.3 is 0 Å². The number of rotatable bonds is 14. The molecule has 0 atom stereocenters. The van der Waals surface area contributed by atoms with Crippen LogP contribution in [0.4, 0.5) is 34.1 Å². The molecule has 1 heterocycles. The average Bonchev–Trinajstić information content (AvgIpc) is 1.63. The number of nitrogens with zero attached hydrogens (tertiary/aromatic N) is 3. The van der Waals surface area contributed by atoms with Crippen LogP contribution in [0.15, 0.2) is 297 Å².